The molecule has 0 aromatic heterocycles. The van der Waals surface area contributed by atoms with Crippen molar-refractivity contribution in [1.82, 2.24) is 10.2 Å². The lowest BCUT2D eigenvalue weighted by Crippen LogP contribution is -2.49. The van der Waals surface area contributed by atoms with Crippen LogP contribution in [-0.4, -0.2) is 62.4 Å². The molecule has 0 spiro atoms. The highest BCUT2D eigenvalue weighted by atomic mass is 35.5. The molecule has 5 heteroatoms. The molecule has 3 aliphatic heterocycles. The number of likely N-dealkylation sites (tertiary alicyclic amines) is 1. The average molecular weight is 350 g/mol. The van der Waals surface area contributed by atoms with Gasteiger partial charge in [0.1, 0.15) is 5.50 Å². The van der Waals surface area contributed by atoms with Crippen LogP contribution < -0.4 is 10.2 Å². The van der Waals surface area contributed by atoms with Crippen LogP contribution in [0.25, 0.3) is 0 Å². The number of nitrogens with zero attached hydrogens (tertiary/aromatic N) is 2. The molecule has 4 nitrogen and oxygen atoms in total. The lowest BCUT2D eigenvalue weighted by molar-refractivity contribution is -0.00526. The van der Waals surface area contributed by atoms with Crippen LogP contribution in [0.4, 0.5) is 5.69 Å². The monoisotopic (exact) mass is 349 g/mol. The molecule has 0 aliphatic carbocycles. The number of hydrogen-bond donors (Lipinski definition) is 1. The Kier molecular flexibility index (Phi) is 5.28. The molecule has 0 amide bonds. The van der Waals surface area contributed by atoms with E-state index >= 15 is 0 Å². The number of alkyl halides is 1. The van der Waals surface area contributed by atoms with Gasteiger partial charge in [0.05, 0.1) is 12.7 Å². The van der Waals surface area contributed by atoms with Gasteiger partial charge in [0, 0.05) is 31.9 Å². The summed E-state index contributed by atoms with van der Waals surface area (Å²) in [5.74, 6) is 0.704. The third-order valence-corrected chi connectivity index (χ3v) is 5.95. The SMILES string of the molecule is ClC1COC(CN2CCC(c3ccccc3N3CCC3)CC2)CN1. The van der Waals surface area contributed by atoms with Gasteiger partial charge >= 0.3 is 0 Å². The molecule has 3 fully saturated rings. The number of morpholine rings is 1. The molecule has 2 unspecified atom stereocenters. The fraction of sp³-hybridized carbons (Fsp3) is 0.684. The second kappa shape index (κ2) is 7.61. The molecule has 4 rings (SSSR count). The van der Waals surface area contributed by atoms with E-state index in [4.69, 9.17) is 16.3 Å². The van der Waals surface area contributed by atoms with Crippen LogP contribution in [0.3, 0.4) is 0 Å². The van der Waals surface area contributed by atoms with Crippen molar-refractivity contribution in [2.24, 2.45) is 0 Å². The molecular formula is C19H28ClN3O. The third-order valence-electron chi connectivity index (χ3n) is 5.67. The molecular weight excluding hydrogens is 322 g/mol. The second-order valence-electron chi connectivity index (χ2n) is 7.31. The summed E-state index contributed by atoms with van der Waals surface area (Å²) in [6.45, 7) is 7.30. The van der Waals surface area contributed by atoms with Gasteiger partial charge in [0.2, 0.25) is 0 Å². The number of para-hydroxylation sites is 1. The maximum absolute atomic E-state index is 6.01. The largest absolute Gasteiger partial charge is 0.373 e. The number of benzene rings is 1. The van der Waals surface area contributed by atoms with E-state index in [1.807, 2.05) is 0 Å². The Balaban J connectivity index is 1.32. The van der Waals surface area contributed by atoms with E-state index in [1.54, 1.807) is 5.56 Å². The van der Waals surface area contributed by atoms with Crippen molar-refractivity contribution in [3.8, 4) is 0 Å². The van der Waals surface area contributed by atoms with Crippen LogP contribution in [0.1, 0.15) is 30.7 Å². The summed E-state index contributed by atoms with van der Waals surface area (Å²) in [5.41, 5.74) is 3.03. The summed E-state index contributed by atoms with van der Waals surface area (Å²) in [6.07, 6.45) is 4.13. The minimum atomic E-state index is -0.0232. The number of hydrogen-bond acceptors (Lipinski definition) is 4. The van der Waals surface area contributed by atoms with E-state index < -0.39 is 0 Å². The predicted molar refractivity (Wildman–Crippen MR) is 99.1 cm³/mol. The van der Waals surface area contributed by atoms with E-state index in [0.29, 0.717) is 12.5 Å². The summed E-state index contributed by atoms with van der Waals surface area (Å²) >= 11 is 6.01. The molecule has 1 aromatic carbocycles. The summed E-state index contributed by atoms with van der Waals surface area (Å²) < 4.78 is 5.83. The summed E-state index contributed by atoms with van der Waals surface area (Å²) in [4.78, 5) is 5.09. The Hall–Kier alpha value is -0.810. The molecule has 132 valence electrons. The van der Waals surface area contributed by atoms with Gasteiger partial charge in [-0.05, 0) is 49.9 Å². The number of halogens is 1. The highest BCUT2D eigenvalue weighted by Crippen LogP contribution is 2.36. The smallest absolute Gasteiger partial charge is 0.106 e. The zero-order chi connectivity index (χ0) is 16.4. The lowest BCUT2D eigenvalue weighted by Gasteiger charge is -2.39. The fourth-order valence-corrected chi connectivity index (χ4v) is 4.27. The third kappa shape index (κ3) is 3.72. The maximum atomic E-state index is 6.01. The Morgan fingerprint density at radius 1 is 1.12 bits per heavy atom. The number of anilines is 1. The van der Waals surface area contributed by atoms with Gasteiger partial charge in [-0.15, -0.1) is 11.6 Å². The van der Waals surface area contributed by atoms with Crippen molar-refractivity contribution >= 4 is 17.3 Å². The van der Waals surface area contributed by atoms with Crippen molar-refractivity contribution in [2.45, 2.75) is 36.8 Å². The van der Waals surface area contributed by atoms with Crippen molar-refractivity contribution in [1.29, 1.82) is 0 Å². The van der Waals surface area contributed by atoms with Crippen LogP contribution >= 0.6 is 11.6 Å². The molecule has 3 saturated heterocycles. The van der Waals surface area contributed by atoms with E-state index in [2.05, 4.69) is 39.4 Å². The van der Waals surface area contributed by atoms with Gasteiger partial charge in [-0.3, -0.25) is 5.32 Å². The number of piperidine rings is 1. The quantitative estimate of drug-likeness (QED) is 0.668. The summed E-state index contributed by atoms with van der Waals surface area (Å²) in [6, 6.07) is 9.05. The number of ether oxygens (including phenoxy) is 1. The van der Waals surface area contributed by atoms with Gasteiger partial charge in [-0.1, -0.05) is 18.2 Å². The van der Waals surface area contributed by atoms with E-state index in [9.17, 15) is 0 Å². The minimum absolute atomic E-state index is 0.0232. The minimum Gasteiger partial charge on any atom is -0.373 e. The van der Waals surface area contributed by atoms with Crippen LogP contribution in [0.15, 0.2) is 24.3 Å². The normalized spacial score (nSPS) is 29.5. The molecule has 0 radical (unpaired) electrons. The molecule has 1 aromatic rings. The molecule has 1 N–H and O–H groups in total. The highest BCUT2D eigenvalue weighted by Gasteiger charge is 2.28. The number of rotatable bonds is 4. The first kappa shape index (κ1) is 16.6. The molecule has 3 heterocycles. The summed E-state index contributed by atoms with van der Waals surface area (Å²) in [7, 11) is 0. The highest BCUT2D eigenvalue weighted by molar-refractivity contribution is 6.20. The van der Waals surface area contributed by atoms with E-state index in [1.165, 1.54) is 51.1 Å². The van der Waals surface area contributed by atoms with Crippen molar-refractivity contribution in [3.05, 3.63) is 29.8 Å². The first-order chi connectivity index (χ1) is 11.8. The Morgan fingerprint density at radius 3 is 2.58 bits per heavy atom. The Bertz CT molecular complexity index is 535. The maximum Gasteiger partial charge on any atom is 0.106 e. The lowest BCUT2D eigenvalue weighted by atomic mass is 9.87. The average Bonchev–Trinajstić information content (AvgIpc) is 2.57. The standard InChI is InChI=1S/C19H28ClN3O/c20-19-14-24-16(12-21-19)13-22-10-6-15(7-11-22)17-4-1-2-5-18(17)23-8-3-9-23/h1-2,4-5,15-16,19,21H,3,6-14H2. The van der Waals surface area contributed by atoms with Crippen molar-refractivity contribution in [3.63, 3.8) is 0 Å². The van der Waals surface area contributed by atoms with E-state index in [0.717, 1.165) is 13.1 Å². The van der Waals surface area contributed by atoms with Crippen LogP contribution in [0.2, 0.25) is 0 Å². The van der Waals surface area contributed by atoms with Crippen molar-refractivity contribution in [2.75, 3.05) is 50.8 Å². The van der Waals surface area contributed by atoms with Gasteiger partial charge in [0.15, 0.2) is 0 Å². The van der Waals surface area contributed by atoms with Crippen LogP contribution in [0, 0.1) is 0 Å². The zero-order valence-corrected chi connectivity index (χ0v) is 15.0. The predicted octanol–water partition coefficient (Wildman–Crippen LogP) is 2.63. The van der Waals surface area contributed by atoms with Crippen LogP contribution in [-0.2, 0) is 4.74 Å². The molecule has 0 bridgehead atoms. The summed E-state index contributed by atoms with van der Waals surface area (Å²) in [5, 5.41) is 3.30. The zero-order valence-electron chi connectivity index (χ0n) is 14.3. The number of nitrogens with one attached hydrogen (secondary N) is 1. The van der Waals surface area contributed by atoms with Crippen molar-refractivity contribution < 1.29 is 4.74 Å². The molecule has 0 saturated carbocycles. The Morgan fingerprint density at radius 2 is 1.92 bits per heavy atom. The molecule has 24 heavy (non-hydrogen) atoms. The van der Waals surface area contributed by atoms with Gasteiger partial charge < -0.3 is 14.5 Å². The first-order valence-electron chi connectivity index (χ1n) is 9.35. The van der Waals surface area contributed by atoms with E-state index in [-0.39, 0.29) is 11.6 Å². The fourth-order valence-electron chi connectivity index (χ4n) is 4.11. The van der Waals surface area contributed by atoms with Gasteiger partial charge in [0.25, 0.3) is 0 Å². The first-order valence-corrected chi connectivity index (χ1v) is 9.78. The Labute approximate surface area is 150 Å². The van der Waals surface area contributed by atoms with Gasteiger partial charge in [-0.2, -0.15) is 0 Å². The van der Waals surface area contributed by atoms with Gasteiger partial charge in [-0.25, -0.2) is 0 Å². The molecule has 2 atom stereocenters. The molecule has 3 aliphatic rings. The van der Waals surface area contributed by atoms with Crippen LogP contribution in [0.5, 0.6) is 0 Å². The second-order valence-corrected chi connectivity index (χ2v) is 7.83. The topological polar surface area (TPSA) is 27.7 Å².